The highest BCUT2D eigenvalue weighted by Crippen LogP contribution is 2.30. The van der Waals surface area contributed by atoms with E-state index in [1.165, 1.54) is 0 Å². The number of halogens is 1. The Morgan fingerprint density at radius 3 is 2.82 bits per heavy atom. The van der Waals surface area contributed by atoms with E-state index in [0.29, 0.717) is 18.8 Å². The number of hydrogen-bond acceptors (Lipinski definition) is 3. The Morgan fingerprint density at radius 2 is 2.12 bits per heavy atom. The molecule has 0 radical (unpaired) electrons. The van der Waals surface area contributed by atoms with Gasteiger partial charge in [-0.05, 0) is 28.1 Å². The zero-order chi connectivity index (χ0) is 11.8. The zero-order valence-corrected chi connectivity index (χ0v) is 10.4. The summed E-state index contributed by atoms with van der Waals surface area (Å²) in [5.41, 5.74) is 2.31. The van der Waals surface area contributed by atoms with Gasteiger partial charge < -0.3 is 5.32 Å². The maximum Gasteiger partial charge on any atom is 0.270 e. The van der Waals surface area contributed by atoms with E-state index in [1.807, 2.05) is 12.1 Å². The van der Waals surface area contributed by atoms with E-state index in [0.717, 1.165) is 15.7 Å². The van der Waals surface area contributed by atoms with Gasteiger partial charge in [0.15, 0.2) is 0 Å². The highest BCUT2D eigenvalue weighted by Gasteiger charge is 2.25. The van der Waals surface area contributed by atoms with E-state index < -0.39 is 0 Å². The molecule has 1 amide bonds. The normalized spacial score (nSPS) is 14.3. The van der Waals surface area contributed by atoms with Crippen LogP contribution in [0.2, 0.25) is 0 Å². The van der Waals surface area contributed by atoms with Crippen LogP contribution in [0.4, 0.5) is 0 Å². The summed E-state index contributed by atoms with van der Waals surface area (Å²) in [6.07, 6.45) is 3.42. The highest BCUT2D eigenvalue weighted by atomic mass is 79.9. The fraction of sp³-hybridized carbons (Fsp3) is 0.182. The first-order chi connectivity index (χ1) is 8.27. The first-order valence-electron chi connectivity index (χ1n) is 5.22. The number of carbonyl (C=O) groups is 1. The Hall–Kier alpha value is -1.69. The number of aromatic nitrogens is 3. The molecule has 0 bridgehead atoms. The summed E-state index contributed by atoms with van der Waals surface area (Å²) in [7, 11) is 0. The Kier molecular flexibility index (Phi) is 2.44. The Labute approximate surface area is 106 Å². The second-order valence-corrected chi connectivity index (χ2v) is 4.52. The van der Waals surface area contributed by atoms with Crippen LogP contribution in [0.3, 0.4) is 0 Å². The van der Waals surface area contributed by atoms with Crippen molar-refractivity contribution in [1.29, 1.82) is 0 Å². The predicted molar refractivity (Wildman–Crippen MR) is 65.5 cm³/mol. The van der Waals surface area contributed by atoms with E-state index in [4.69, 9.17) is 0 Å². The summed E-state index contributed by atoms with van der Waals surface area (Å²) in [4.78, 5) is 15.7. The lowest BCUT2D eigenvalue weighted by Gasteiger charge is -2.13. The molecule has 17 heavy (non-hydrogen) atoms. The van der Waals surface area contributed by atoms with Crippen molar-refractivity contribution in [2.24, 2.45) is 0 Å². The maximum absolute atomic E-state index is 11.7. The van der Waals surface area contributed by atoms with Crippen LogP contribution in [-0.2, 0) is 6.54 Å². The molecule has 1 N–H and O–H groups in total. The molecule has 6 heteroatoms. The number of rotatable bonds is 1. The Balaban J connectivity index is 2.17. The number of pyridine rings is 1. The molecule has 86 valence electrons. The molecule has 3 heterocycles. The molecule has 2 aromatic rings. The number of fused-ring (bicyclic) bond motifs is 1. The van der Waals surface area contributed by atoms with Crippen molar-refractivity contribution in [2.75, 3.05) is 6.54 Å². The Morgan fingerprint density at radius 1 is 1.35 bits per heavy atom. The van der Waals surface area contributed by atoms with Crippen molar-refractivity contribution in [3.8, 4) is 11.3 Å². The minimum atomic E-state index is -0.0871. The molecule has 3 rings (SSSR count). The number of carbonyl (C=O) groups excluding carboxylic acids is 1. The summed E-state index contributed by atoms with van der Waals surface area (Å²) >= 11 is 3.45. The van der Waals surface area contributed by atoms with Crippen molar-refractivity contribution < 1.29 is 4.79 Å². The van der Waals surface area contributed by atoms with Gasteiger partial charge in [-0.3, -0.25) is 14.5 Å². The van der Waals surface area contributed by atoms with E-state index >= 15 is 0 Å². The standard InChI is InChI=1S/C11H9BrN4O/c12-8-9(7-1-3-13-4-2-7)15-16-6-5-14-11(17)10(8)16/h1-4H,5-6H2,(H,14,17). The van der Waals surface area contributed by atoms with Gasteiger partial charge in [0, 0.05) is 24.5 Å². The SMILES string of the molecule is O=C1NCCn2nc(-c3ccncc3)c(Br)c21. The fourth-order valence-electron chi connectivity index (χ4n) is 1.87. The Bertz CT molecular complexity index is 579. The molecule has 0 atom stereocenters. The number of hydrogen-bond donors (Lipinski definition) is 1. The van der Waals surface area contributed by atoms with Crippen LogP contribution in [0.25, 0.3) is 11.3 Å². The van der Waals surface area contributed by atoms with E-state index in [9.17, 15) is 4.79 Å². The van der Waals surface area contributed by atoms with Gasteiger partial charge in [0.05, 0.1) is 11.0 Å². The number of nitrogens with one attached hydrogen (secondary N) is 1. The number of nitrogens with zero attached hydrogens (tertiary/aromatic N) is 3. The minimum absolute atomic E-state index is 0.0871. The van der Waals surface area contributed by atoms with Crippen LogP contribution in [0.5, 0.6) is 0 Å². The van der Waals surface area contributed by atoms with Crippen molar-refractivity contribution >= 4 is 21.8 Å². The molecule has 0 aromatic carbocycles. The second-order valence-electron chi connectivity index (χ2n) is 3.73. The number of amides is 1. The maximum atomic E-state index is 11.7. The average molecular weight is 293 g/mol. The molecule has 0 fully saturated rings. The summed E-state index contributed by atoms with van der Waals surface area (Å²) in [6.45, 7) is 1.32. The van der Waals surface area contributed by atoms with Gasteiger partial charge in [-0.25, -0.2) is 0 Å². The summed E-state index contributed by atoms with van der Waals surface area (Å²) in [5.74, 6) is -0.0871. The van der Waals surface area contributed by atoms with Gasteiger partial charge in [-0.15, -0.1) is 0 Å². The monoisotopic (exact) mass is 292 g/mol. The quantitative estimate of drug-likeness (QED) is 0.865. The summed E-state index contributed by atoms with van der Waals surface area (Å²) < 4.78 is 2.47. The average Bonchev–Trinajstić information content (AvgIpc) is 2.69. The second kappa shape index (κ2) is 3.96. The van der Waals surface area contributed by atoms with E-state index in [-0.39, 0.29) is 5.91 Å². The molecule has 0 saturated heterocycles. The minimum Gasteiger partial charge on any atom is -0.349 e. The third-order valence-electron chi connectivity index (χ3n) is 2.67. The van der Waals surface area contributed by atoms with E-state index in [2.05, 4.69) is 31.3 Å². The molecule has 5 nitrogen and oxygen atoms in total. The topological polar surface area (TPSA) is 59.8 Å². The molecule has 0 unspecified atom stereocenters. The highest BCUT2D eigenvalue weighted by molar-refractivity contribution is 9.10. The molecule has 1 aliphatic rings. The van der Waals surface area contributed by atoms with Crippen molar-refractivity contribution in [3.05, 3.63) is 34.7 Å². The van der Waals surface area contributed by atoms with Gasteiger partial charge in [0.2, 0.25) is 0 Å². The molecule has 0 spiro atoms. The molecular weight excluding hydrogens is 284 g/mol. The first kappa shape index (κ1) is 10.5. The van der Waals surface area contributed by atoms with Crippen molar-refractivity contribution in [3.63, 3.8) is 0 Å². The van der Waals surface area contributed by atoms with Crippen LogP contribution in [0.15, 0.2) is 29.0 Å². The molecule has 2 aromatic heterocycles. The molecule has 0 aliphatic carbocycles. The van der Waals surface area contributed by atoms with Crippen LogP contribution in [0, 0.1) is 0 Å². The lowest BCUT2D eigenvalue weighted by molar-refractivity contribution is 0.0923. The predicted octanol–water partition coefficient (Wildman–Crippen LogP) is 1.45. The lowest BCUT2D eigenvalue weighted by atomic mass is 10.2. The summed E-state index contributed by atoms with van der Waals surface area (Å²) in [5, 5.41) is 7.25. The molecule has 0 saturated carbocycles. The van der Waals surface area contributed by atoms with Crippen LogP contribution < -0.4 is 5.32 Å². The van der Waals surface area contributed by atoms with Gasteiger partial charge in [-0.2, -0.15) is 5.10 Å². The molecular formula is C11H9BrN4O. The third-order valence-corrected chi connectivity index (χ3v) is 3.42. The van der Waals surface area contributed by atoms with Crippen LogP contribution in [-0.4, -0.2) is 27.2 Å². The fourth-order valence-corrected chi connectivity index (χ4v) is 2.57. The first-order valence-corrected chi connectivity index (χ1v) is 6.01. The lowest BCUT2D eigenvalue weighted by Crippen LogP contribution is -2.35. The zero-order valence-electron chi connectivity index (χ0n) is 8.85. The van der Waals surface area contributed by atoms with Gasteiger partial charge in [-0.1, -0.05) is 0 Å². The van der Waals surface area contributed by atoms with Crippen molar-refractivity contribution in [1.82, 2.24) is 20.1 Å². The van der Waals surface area contributed by atoms with E-state index in [1.54, 1.807) is 17.1 Å². The van der Waals surface area contributed by atoms with Gasteiger partial charge >= 0.3 is 0 Å². The smallest absolute Gasteiger partial charge is 0.270 e. The van der Waals surface area contributed by atoms with Crippen LogP contribution in [0.1, 0.15) is 10.5 Å². The van der Waals surface area contributed by atoms with Gasteiger partial charge in [0.25, 0.3) is 5.91 Å². The van der Waals surface area contributed by atoms with Crippen molar-refractivity contribution in [2.45, 2.75) is 6.54 Å². The third kappa shape index (κ3) is 1.64. The van der Waals surface area contributed by atoms with Crippen LogP contribution >= 0.6 is 15.9 Å². The molecule has 1 aliphatic heterocycles. The largest absolute Gasteiger partial charge is 0.349 e. The van der Waals surface area contributed by atoms with Gasteiger partial charge in [0.1, 0.15) is 11.4 Å². The summed E-state index contributed by atoms with van der Waals surface area (Å²) in [6, 6.07) is 3.74.